The molecule has 1 aromatic heterocycles. The molecule has 3 rings (SSSR count). The third-order valence-corrected chi connectivity index (χ3v) is 5.76. The van der Waals surface area contributed by atoms with E-state index in [-0.39, 0.29) is 17.2 Å². The Morgan fingerprint density at radius 2 is 2.00 bits per heavy atom. The van der Waals surface area contributed by atoms with Gasteiger partial charge in [0.1, 0.15) is 5.75 Å². The van der Waals surface area contributed by atoms with Crippen molar-refractivity contribution >= 4 is 17.7 Å². The number of aromatic nitrogens is 2. The summed E-state index contributed by atoms with van der Waals surface area (Å²) >= 11 is 1.29. The molecule has 3 atom stereocenters. The van der Waals surface area contributed by atoms with E-state index in [1.165, 1.54) is 31.0 Å². The van der Waals surface area contributed by atoms with Crippen molar-refractivity contribution in [1.29, 1.82) is 0 Å². The number of nitrogens with zero attached hydrogens (tertiary/aromatic N) is 2. The topological polar surface area (TPSA) is 77.2 Å². The first kappa shape index (κ1) is 18.8. The molecule has 140 valence electrons. The molecule has 1 aromatic carbocycles. The fourth-order valence-electron chi connectivity index (χ4n) is 3.14. The van der Waals surface area contributed by atoms with Crippen molar-refractivity contribution in [3.05, 3.63) is 24.3 Å². The van der Waals surface area contributed by atoms with Crippen molar-refractivity contribution in [2.45, 2.75) is 56.0 Å². The lowest BCUT2D eigenvalue weighted by molar-refractivity contribution is -0.121. The zero-order chi connectivity index (χ0) is 18.5. The number of methoxy groups -OCH3 is 1. The first-order chi connectivity index (χ1) is 12.6. The molecule has 0 bridgehead atoms. The van der Waals surface area contributed by atoms with Gasteiger partial charge in [-0.15, -0.1) is 10.2 Å². The van der Waals surface area contributed by atoms with Crippen LogP contribution < -0.4 is 10.1 Å². The maximum Gasteiger partial charge on any atom is 0.277 e. The molecule has 0 aliphatic heterocycles. The molecule has 1 fully saturated rings. The Hall–Kier alpha value is -2.02. The van der Waals surface area contributed by atoms with E-state index in [4.69, 9.17) is 9.15 Å². The highest BCUT2D eigenvalue weighted by atomic mass is 32.2. The van der Waals surface area contributed by atoms with E-state index < -0.39 is 0 Å². The zero-order valence-electron chi connectivity index (χ0n) is 15.4. The summed E-state index contributed by atoms with van der Waals surface area (Å²) in [6.07, 6.45) is 4.69. The van der Waals surface area contributed by atoms with E-state index in [9.17, 15) is 4.79 Å². The van der Waals surface area contributed by atoms with Crippen LogP contribution >= 0.6 is 11.8 Å². The van der Waals surface area contributed by atoms with Crippen molar-refractivity contribution in [2.75, 3.05) is 7.11 Å². The van der Waals surface area contributed by atoms with Gasteiger partial charge in [-0.05, 0) is 49.9 Å². The van der Waals surface area contributed by atoms with Gasteiger partial charge in [0.15, 0.2) is 0 Å². The number of thioether (sulfide) groups is 1. The van der Waals surface area contributed by atoms with Crippen LogP contribution in [0.1, 0.15) is 39.5 Å². The van der Waals surface area contributed by atoms with Crippen LogP contribution in [0.25, 0.3) is 11.5 Å². The first-order valence-electron chi connectivity index (χ1n) is 9.02. The van der Waals surface area contributed by atoms with Gasteiger partial charge in [0, 0.05) is 11.6 Å². The van der Waals surface area contributed by atoms with E-state index in [0.29, 0.717) is 17.0 Å². The van der Waals surface area contributed by atoms with Gasteiger partial charge in [0.25, 0.3) is 5.22 Å². The molecule has 1 aliphatic rings. The second kappa shape index (κ2) is 8.58. The number of carbonyl (C=O) groups is 1. The fraction of sp³-hybridized carbons (Fsp3) is 0.526. The second-order valence-corrected chi connectivity index (χ2v) is 8.03. The maximum absolute atomic E-state index is 12.5. The van der Waals surface area contributed by atoms with Crippen molar-refractivity contribution in [1.82, 2.24) is 15.5 Å². The average Bonchev–Trinajstić information content (AvgIpc) is 3.12. The smallest absolute Gasteiger partial charge is 0.277 e. The Bertz CT molecular complexity index is 732. The molecule has 1 saturated carbocycles. The monoisotopic (exact) mass is 375 g/mol. The lowest BCUT2D eigenvalue weighted by Crippen LogP contribution is -2.44. The highest BCUT2D eigenvalue weighted by Crippen LogP contribution is 2.28. The van der Waals surface area contributed by atoms with E-state index in [1.807, 2.05) is 31.2 Å². The lowest BCUT2D eigenvalue weighted by atomic mass is 9.86. The number of benzene rings is 1. The van der Waals surface area contributed by atoms with Gasteiger partial charge < -0.3 is 14.5 Å². The molecule has 2 aromatic rings. The van der Waals surface area contributed by atoms with Crippen LogP contribution in [0.2, 0.25) is 0 Å². The Labute approximate surface area is 158 Å². The minimum absolute atomic E-state index is 0.0259. The third kappa shape index (κ3) is 4.58. The Kier molecular flexibility index (Phi) is 6.19. The van der Waals surface area contributed by atoms with Gasteiger partial charge in [-0.2, -0.15) is 0 Å². The van der Waals surface area contributed by atoms with E-state index >= 15 is 0 Å². The largest absolute Gasteiger partial charge is 0.497 e. The van der Waals surface area contributed by atoms with E-state index in [1.54, 1.807) is 7.11 Å². The summed E-state index contributed by atoms with van der Waals surface area (Å²) in [6.45, 7) is 4.08. The molecule has 1 heterocycles. The Morgan fingerprint density at radius 3 is 2.69 bits per heavy atom. The molecule has 3 unspecified atom stereocenters. The molecule has 6 nitrogen and oxygen atoms in total. The highest BCUT2D eigenvalue weighted by molar-refractivity contribution is 8.00. The summed E-state index contributed by atoms with van der Waals surface area (Å²) in [7, 11) is 1.62. The van der Waals surface area contributed by atoms with E-state index in [0.717, 1.165) is 17.7 Å². The van der Waals surface area contributed by atoms with Crippen LogP contribution in [0.15, 0.2) is 33.9 Å². The third-order valence-electron chi connectivity index (χ3n) is 4.83. The molecule has 7 heteroatoms. The number of ether oxygens (including phenoxy) is 1. The number of rotatable bonds is 6. The molecular weight excluding hydrogens is 350 g/mol. The van der Waals surface area contributed by atoms with Crippen LogP contribution in [0.4, 0.5) is 0 Å². The molecule has 1 amide bonds. The van der Waals surface area contributed by atoms with Gasteiger partial charge in [0.2, 0.25) is 11.8 Å². The van der Waals surface area contributed by atoms with Crippen molar-refractivity contribution in [2.24, 2.45) is 5.92 Å². The number of nitrogens with one attached hydrogen (secondary N) is 1. The van der Waals surface area contributed by atoms with E-state index in [2.05, 4.69) is 22.4 Å². The van der Waals surface area contributed by atoms with Gasteiger partial charge >= 0.3 is 0 Å². The molecule has 0 saturated heterocycles. The molecule has 0 spiro atoms. The number of hydrogen-bond acceptors (Lipinski definition) is 6. The molecule has 26 heavy (non-hydrogen) atoms. The van der Waals surface area contributed by atoms with Crippen molar-refractivity contribution in [3.8, 4) is 17.2 Å². The SMILES string of the molecule is COc1ccc(-c2nnc(SC(C)C(=O)NC3CCCCC3C)o2)cc1. The minimum Gasteiger partial charge on any atom is -0.497 e. The normalized spacial score (nSPS) is 21.2. The molecule has 0 radical (unpaired) electrons. The Balaban J connectivity index is 1.58. The zero-order valence-corrected chi connectivity index (χ0v) is 16.2. The highest BCUT2D eigenvalue weighted by Gasteiger charge is 2.26. The summed E-state index contributed by atoms with van der Waals surface area (Å²) < 4.78 is 10.8. The number of hydrogen-bond donors (Lipinski definition) is 1. The standard InChI is InChI=1S/C19H25N3O3S/c1-12-6-4-5-7-16(12)20-17(23)13(2)26-19-22-21-18(25-19)14-8-10-15(24-3)11-9-14/h8-13,16H,4-7H2,1-3H3,(H,20,23). The predicted molar refractivity (Wildman–Crippen MR) is 101 cm³/mol. The first-order valence-corrected chi connectivity index (χ1v) is 9.89. The Morgan fingerprint density at radius 1 is 1.27 bits per heavy atom. The quantitative estimate of drug-likeness (QED) is 0.771. The maximum atomic E-state index is 12.5. The van der Waals surface area contributed by atoms with Crippen molar-refractivity contribution < 1.29 is 13.9 Å². The summed E-state index contributed by atoms with van der Waals surface area (Å²) in [5, 5.41) is 11.4. The summed E-state index contributed by atoms with van der Waals surface area (Å²) in [4.78, 5) is 12.5. The van der Waals surface area contributed by atoms with Gasteiger partial charge in [0.05, 0.1) is 12.4 Å². The van der Waals surface area contributed by atoms with Gasteiger partial charge in [-0.3, -0.25) is 4.79 Å². The lowest BCUT2D eigenvalue weighted by Gasteiger charge is -2.30. The minimum atomic E-state index is -0.284. The summed E-state index contributed by atoms with van der Waals surface area (Å²) in [5.41, 5.74) is 0.818. The molecule has 1 N–H and O–H groups in total. The second-order valence-electron chi connectivity index (χ2n) is 6.74. The van der Waals surface area contributed by atoms with Crippen molar-refractivity contribution in [3.63, 3.8) is 0 Å². The van der Waals surface area contributed by atoms with Crippen LogP contribution in [0, 0.1) is 5.92 Å². The average molecular weight is 375 g/mol. The van der Waals surface area contributed by atoms with Crippen LogP contribution in [-0.2, 0) is 4.79 Å². The van der Waals surface area contributed by atoms with Crippen LogP contribution in [-0.4, -0.2) is 34.5 Å². The van der Waals surface area contributed by atoms with Gasteiger partial charge in [-0.1, -0.05) is 31.5 Å². The number of carbonyl (C=O) groups excluding carboxylic acids is 1. The summed E-state index contributed by atoms with van der Waals surface area (Å²) in [6, 6.07) is 7.68. The molecule has 1 aliphatic carbocycles. The van der Waals surface area contributed by atoms with Crippen LogP contribution in [0.3, 0.4) is 0 Å². The molecular formula is C19H25N3O3S. The summed E-state index contributed by atoms with van der Waals surface area (Å²) in [5.74, 6) is 1.77. The van der Waals surface area contributed by atoms with Gasteiger partial charge in [-0.25, -0.2) is 0 Å². The number of amides is 1. The fourth-order valence-corrected chi connectivity index (χ4v) is 3.84. The predicted octanol–water partition coefficient (Wildman–Crippen LogP) is 3.92. The van der Waals surface area contributed by atoms with Crippen LogP contribution in [0.5, 0.6) is 5.75 Å².